The molecule has 16 heavy (non-hydrogen) atoms. The molecule has 0 aromatic carbocycles. The van der Waals surface area contributed by atoms with E-state index in [0.717, 1.165) is 25.7 Å². The lowest BCUT2D eigenvalue weighted by Gasteiger charge is -2.47. The summed E-state index contributed by atoms with van der Waals surface area (Å²) >= 11 is 0. The molecule has 0 aromatic heterocycles. The Morgan fingerprint density at radius 2 is 2.06 bits per heavy atom. The fraction of sp³-hybridized carbons (Fsp3) is 0.769. The van der Waals surface area contributed by atoms with Crippen LogP contribution in [0.1, 0.15) is 45.4 Å². The molecule has 3 nitrogen and oxygen atoms in total. The molecule has 1 spiro atoms. The van der Waals surface area contributed by atoms with Gasteiger partial charge in [-0.3, -0.25) is 4.79 Å². The number of ketones is 1. The molecule has 2 aliphatic rings. The zero-order chi connectivity index (χ0) is 11.6. The molecule has 0 N–H and O–H groups in total. The van der Waals surface area contributed by atoms with Crippen LogP contribution in [0.15, 0.2) is 12.7 Å². The predicted molar refractivity (Wildman–Crippen MR) is 61.1 cm³/mol. The molecule has 3 heteroatoms. The van der Waals surface area contributed by atoms with E-state index in [9.17, 15) is 4.79 Å². The van der Waals surface area contributed by atoms with Crippen molar-refractivity contribution in [1.29, 1.82) is 0 Å². The van der Waals surface area contributed by atoms with Crippen molar-refractivity contribution in [3.05, 3.63) is 12.7 Å². The van der Waals surface area contributed by atoms with E-state index in [4.69, 9.17) is 9.47 Å². The molecular weight excluding hydrogens is 204 g/mol. The number of carbonyl (C=O) groups excluding carboxylic acids is 1. The fourth-order valence-electron chi connectivity index (χ4n) is 2.61. The van der Waals surface area contributed by atoms with Gasteiger partial charge in [0.25, 0.3) is 0 Å². The van der Waals surface area contributed by atoms with Gasteiger partial charge in [-0.2, -0.15) is 0 Å². The average Bonchev–Trinajstić information content (AvgIpc) is 2.26. The lowest BCUT2D eigenvalue weighted by atomic mass is 9.89. The highest BCUT2D eigenvalue weighted by Gasteiger charge is 2.48. The summed E-state index contributed by atoms with van der Waals surface area (Å²) in [7, 11) is 0. The number of ether oxygens (including phenoxy) is 2. The second kappa shape index (κ2) is 4.30. The smallest absolute Gasteiger partial charge is 0.190 e. The van der Waals surface area contributed by atoms with E-state index in [2.05, 4.69) is 6.58 Å². The molecule has 2 fully saturated rings. The van der Waals surface area contributed by atoms with Crippen LogP contribution in [0.4, 0.5) is 0 Å². The Bertz CT molecular complexity index is 292. The molecule has 0 unspecified atom stereocenters. The standard InChI is InChI=1S/C13H20O3/c1-3-7-12(2)11(14)10-15-13(16-12)8-5-4-6-9-13/h3H,1,4-10H2,2H3/t12-/m0/s1. The van der Waals surface area contributed by atoms with Crippen LogP contribution in [0, 0.1) is 0 Å². The Balaban J connectivity index is 2.14. The molecule has 1 heterocycles. The first-order valence-corrected chi connectivity index (χ1v) is 6.09. The van der Waals surface area contributed by atoms with Crippen molar-refractivity contribution in [3.8, 4) is 0 Å². The lowest BCUT2D eigenvalue weighted by Crippen LogP contribution is -2.56. The third-order valence-corrected chi connectivity index (χ3v) is 3.62. The molecule has 1 atom stereocenters. The van der Waals surface area contributed by atoms with Crippen LogP contribution >= 0.6 is 0 Å². The average molecular weight is 224 g/mol. The van der Waals surface area contributed by atoms with Crippen LogP contribution in [0.5, 0.6) is 0 Å². The molecule has 0 amide bonds. The minimum atomic E-state index is -0.725. The van der Waals surface area contributed by atoms with Crippen molar-refractivity contribution in [1.82, 2.24) is 0 Å². The van der Waals surface area contributed by atoms with Gasteiger partial charge in [-0.25, -0.2) is 0 Å². The summed E-state index contributed by atoms with van der Waals surface area (Å²) in [6.07, 6.45) is 7.62. The number of hydrogen-bond donors (Lipinski definition) is 0. The summed E-state index contributed by atoms with van der Waals surface area (Å²) in [5.74, 6) is -0.465. The summed E-state index contributed by atoms with van der Waals surface area (Å²) in [6.45, 7) is 5.74. The molecular formula is C13H20O3. The molecule has 1 saturated heterocycles. The molecule has 1 aliphatic carbocycles. The maximum absolute atomic E-state index is 11.8. The van der Waals surface area contributed by atoms with Crippen molar-refractivity contribution in [2.75, 3.05) is 6.61 Å². The summed E-state index contributed by atoms with van der Waals surface area (Å²) in [6, 6.07) is 0. The van der Waals surface area contributed by atoms with Gasteiger partial charge in [0.1, 0.15) is 12.2 Å². The van der Waals surface area contributed by atoms with Crippen LogP contribution in [0.3, 0.4) is 0 Å². The van der Waals surface area contributed by atoms with Gasteiger partial charge in [-0.05, 0) is 19.8 Å². The van der Waals surface area contributed by atoms with E-state index in [0.29, 0.717) is 6.42 Å². The molecule has 2 rings (SSSR count). The summed E-state index contributed by atoms with van der Waals surface area (Å²) in [5.41, 5.74) is -0.725. The Labute approximate surface area is 96.8 Å². The minimum absolute atomic E-state index is 0.0311. The SMILES string of the molecule is C=CC[C@]1(C)OC2(CCCCC2)OCC1=O. The second-order valence-corrected chi connectivity index (χ2v) is 5.01. The van der Waals surface area contributed by atoms with Crippen LogP contribution in [-0.4, -0.2) is 23.8 Å². The molecule has 0 radical (unpaired) electrons. The van der Waals surface area contributed by atoms with Crippen LogP contribution in [0.25, 0.3) is 0 Å². The van der Waals surface area contributed by atoms with E-state index in [1.54, 1.807) is 6.08 Å². The first-order valence-electron chi connectivity index (χ1n) is 6.09. The number of rotatable bonds is 2. The fourth-order valence-corrected chi connectivity index (χ4v) is 2.61. The van der Waals surface area contributed by atoms with Crippen LogP contribution < -0.4 is 0 Å². The number of carbonyl (C=O) groups is 1. The van der Waals surface area contributed by atoms with Crippen molar-refractivity contribution < 1.29 is 14.3 Å². The highest BCUT2D eigenvalue weighted by atomic mass is 16.7. The normalized spacial score (nSPS) is 33.9. The molecule has 1 saturated carbocycles. The zero-order valence-electron chi connectivity index (χ0n) is 9.96. The largest absolute Gasteiger partial charge is 0.342 e. The van der Waals surface area contributed by atoms with Gasteiger partial charge in [-0.15, -0.1) is 6.58 Å². The van der Waals surface area contributed by atoms with Gasteiger partial charge in [0.2, 0.25) is 0 Å². The first-order chi connectivity index (χ1) is 7.60. The maximum atomic E-state index is 11.8. The quantitative estimate of drug-likeness (QED) is 0.676. The number of Topliss-reactive ketones (excluding diaryl/α,β-unsaturated/α-hetero) is 1. The summed E-state index contributed by atoms with van der Waals surface area (Å²) in [4.78, 5) is 11.8. The van der Waals surface area contributed by atoms with Crippen molar-refractivity contribution >= 4 is 5.78 Å². The van der Waals surface area contributed by atoms with E-state index in [1.807, 2.05) is 6.92 Å². The topological polar surface area (TPSA) is 35.5 Å². The zero-order valence-corrected chi connectivity index (χ0v) is 9.96. The van der Waals surface area contributed by atoms with Gasteiger partial charge >= 0.3 is 0 Å². The van der Waals surface area contributed by atoms with Gasteiger partial charge in [-0.1, -0.05) is 12.5 Å². The van der Waals surface area contributed by atoms with E-state index in [-0.39, 0.29) is 12.4 Å². The predicted octanol–water partition coefficient (Wildman–Crippen LogP) is 2.60. The summed E-state index contributed by atoms with van der Waals surface area (Å²) in [5, 5.41) is 0. The first kappa shape index (κ1) is 11.8. The van der Waals surface area contributed by atoms with Crippen molar-refractivity contribution in [2.45, 2.75) is 56.8 Å². The van der Waals surface area contributed by atoms with Gasteiger partial charge < -0.3 is 9.47 Å². The van der Waals surface area contributed by atoms with Gasteiger partial charge in [0, 0.05) is 19.3 Å². The lowest BCUT2D eigenvalue weighted by molar-refractivity contribution is -0.311. The Hall–Kier alpha value is -0.670. The molecule has 0 aromatic rings. The third-order valence-electron chi connectivity index (χ3n) is 3.62. The Morgan fingerprint density at radius 1 is 1.38 bits per heavy atom. The van der Waals surface area contributed by atoms with E-state index < -0.39 is 11.4 Å². The highest BCUT2D eigenvalue weighted by molar-refractivity contribution is 5.88. The summed E-state index contributed by atoms with van der Waals surface area (Å²) < 4.78 is 11.7. The minimum Gasteiger partial charge on any atom is -0.342 e. The monoisotopic (exact) mass is 224 g/mol. The van der Waals surface area contributed by atoms with E-state index >= 15 is 0 Å². The van der Waals surface area contributed by atoms with Crippen LogP contribution in [0.2, 0.25) is 0 Å². The highest BCUT2D eigenvalue weighted by Crippen LogP contribution is 2.40. The van der Waals surface area contributed by atoms with E-state index in [1.165, 1.54) is 6.42 Å². The second-order valence-electron chi connectivity index (χ2n) is 5.01. The van der Waals surface area contributed by atoms with Crippen molar-refractivity contribution in [2.24, 2.45) is 0 Å². The van der Waals surface area contributed by atoms with Crippen molar-refractivity contribution in [3.63, 3.8) is 0 Å². The molecule has 90 valence electrons. The number of hydrogen-bond acceptors (Lipinski definition) is 3. The Morgan fingerprint density at radius 3 is 2.69 bits per heavy atom. The maximum Gasteiger partial charge on any atom is 0.190 e. The molecule has 1 aliphatic heterocycles. The Kier molecular flexibility index (Phi) is 3.17. The van der Waals surface area contributed by atoms with Gasteiger partial charge in [0.15, 0.2) is 11.6 Å². The third kappa shape index (κ3) is 2.06. The van der Waals surface area contributed by atoms with Crippen LogP contribution in [-0.2, 0) is 14.3 Å². The van der Waals surface area contributed by atoms with Gasteiger partial charge in [0.05, 0.1) is 0 Å². The molecule has 0 bridgehead atoms.